The minimum Gasteiger partial charge on any atom is -0.489 e. The number of ether oxygens (including phenoxy) is 1. The summed E-state index contributed by atoms with van der Waals surface area (Å²) in [7, 11) is 0. The number of rotatable bonds is 3. The molecule has 0 radical (unpaired) electrons. The molecular formula is C17H20BrNO. The van der Waals surface area contributed by atoms with Crippen LogP contribution in [0.3, 0.4) is 0 Å². The molecule has 0 saturated heterocycles. The van der Waals surface area contributed by atoms with E-state index in [1.807, 2.05) is 12.3 Å². The first kappa shape index (κ1) is 15.0. The Bertz CT molecular complexity index is 602. The van der Waals surface area contributed by atoms with E-state index in [1.54, 1.807) is 6.20 Å². The van der Waals surface area contributed by atoms with E-state index in [4.69, 9.17) is 4.74 Å². The summed E-state index contributed by atoms with van der Waals surface area (Å²) in [5.41, 5.74) is 3.61. The second kappa shape index (κ2) is 5.96. The van der Waals surface area contributed by atoms with Crippen LogP contribution in [0.4, 0.5) is 0 Å². The number of aryl methyl sites for hydroxylation is 1. The summed E-state index contributed by atoms with van der Waals surface area (Å²) in [5, 5.41) is 0. The van der Waals surface area contributed by atoms with Crippen LogP contribution in [0.1, 0.15) is 37.5 Å². The summed E-state index contributed by atoms with van der Waals surface area (Å²) in [6, 6.07) is 8.37. The lowest BCUT2D eigenvalue weighted by Crippen LogP contribution is -2.13. The van der Waals surface area contributed by atoms with Crippen LogP contribution in [0, 0.1) is 6.92 Å². The molecule has 0 atom stereocenters. The summed E-state index contributed by atoms with van der Waals surface area (Å²) >= 11 is 3.43. The highest BCUT2D eigenvalue weighted by atomic mass is 79.9. The molecular weight excluding hydrogens is 314 g/mol. The Hall–Kier alpha value is -1.35. The van der Waals surface area contributed by atoms with Crippen LogP contribution in [-0.2, 0) is 12.0 Å². The first-order valence-electron chi connectivity index (χ1n) is 6.69. The molecule has 0 unspecified atom stereocenters. The van der Waals surface area contributed by atoms with E-state index in [9.17, 15) is 0 Å². The molecule has 0 bridgehead atoms. The largest absolute Gasteiger partial charge is 0.489 e. The van der Waals surface area contributed by atoms with Gasteiger partial charge in [0.1, 0.15) is 12.4 Å². The number of hydrogen-bond donors (Lipinski definition) is 0. The summed E-state index contributed by atoms with van der Waals surface area (Å²) in [6.45, 7) is 9.25. The highest BCUT2D eigenvalue weighted by molar-refractivity contribution is 9.10. The quantitative estimate of drug-likeness (QED) is 0.785. The van der Waals surface area contributed by atoms with Crippen LogP contribution >= 0.6 is 15.9 Å². The average molecular weight is 334 g/mol. The van der Waals surface area contributed by atoms with Crippen molar-refractivity contribution < 1.29 is 4.74 Å². The molecule has 106 valence electrons. The maximum Gasteiger partial charge on any atom is 0.123 e. The van der Waals surface area contributed by atoms with E-state index in [0.29, 0.717) is 6.61 Å². The topological polar surface area (TPSA) is 22.1 Å². The Balaban J connectivity index is 2.21. The normalized spacial score (nSPS) is 11.4. The number of nitrogens with zero attached hydrogens (tertiary/aromatic N) is 1. The maximum absolute atomic E-state index is 6.00. The van der Waals surface area contributed by atoms with Crippen LogP contribution < -0.4 is 4.74 Å². The lowest BCUT2D eigenvalue weighted by Gasteiger charge is -2.23. The van der Waals surface area contributed by atoms with Gasteiger partial charge >= 0.3 is 0 Å². The van der Waals surface area contributed by atoms with Crippen LogP contribution in [0.2, 0.25) is 0 Å². The van der Waals surface area contributed by atoms with Gasteiger partial charge in [-0.25, -0.2) is 0 Å². The average Bonchev–Trinajstić information content (AvgIpc) is 2.36. The number of benzene rings is 1. The van der Waals surface area contributed by atoms with Gasteiger partial charge in [-0.05, 0) is 46.0 Å². The van der Waals surface area contributed by atoms with Gasteiger partial charge in [0.2, 0.25) is 0 Å². The highest BCUT2D eigenvalue weighted by Gasteiger charge is 2.19. The fourth-order valence-corrected chi connectivity index (χ4v) is 2.46. The smallest absolute Gasteiger partial charge is 0.123 e. The van der Waals surface area contributed by atoms with Crippen LogP contribution in [0.25, 0.3) is 0 Å². The van der Waals surface area contributed by atoms with Gasteiger partial charge in [0.15, 0.2) is 0 Å². The van der Waals surface area contributed by atoms with Gasteiger partial charge in [-0.2, -0.15) is 0 Å². The molecule has 0 aliphatic rings. The zero-order chi connectivity index (χ0) is 14.8. The Labute approximate surface area is 129 Å². The van der Waals surface area contributed by atoms with Gasteiger partial charge in [-0.15, -0.1) is 0 Å². The van der Waals surface area contributed by atoms with Crippen LogP contribution in [0.15, 0.2) is 41.1 Å². The van der Waals surface area contributed by atoms with Crippen molar-refractivity contribution in [2.75, 3.05) is 0 Å². The molecule has 0 saturated carbocycles. The summed E-state index contributed by atoms with van der Waals surface area (Å²) < 4.78 is 6.97. The highest BCUT2D eigenvalue weighted by Crippen LogP contribution is 2.32. The lowest BCUT2D eigenvalue weighted by atomic mass is 9.85. The molecule has 1 heterocycles. The Morgan fingerprint density at radius 1 is 1.15 bits per heavy atom. The van der Waals surface area contributed by atoms with Crippen molar-refractivity contribution in [3.8, 4) is 5.75 Å². The first-order valence-corrected chi connectivity index (χ1v) is 7.49. The molecule has 20 heavy (non-hydrogen) atoms. The van der Waals surface area contributed by atoms with Gasteiger partial charge in [0.25, 0.3) is 0 Å². The summed E-state index contributed by atoms with van der Waals surface area (Å²) in [5.74, 6) is 0.947. The van der Waals surface area contributed by atoms with E-state index < -0.39 is 0 Å². The zero-order valence-corrected chi connectivity index (χ0v) is 14.0. The molecule has 0 fully saturated rings. The summed E-state index contributed by atoms with van der Waals surface area (Å²) in [4.78, 5) is 4.15. The number of pyridine rings is 1. The zero-order valence-electron chi connectivity index (χ0n) is 12.4. The minimum atomic E-state index is 0.0663. The molecule has 2 nitrogen and oxygen atoms in total. The van der Waals surface area contributed by atoms with Crippen molar-refractivity contribution in [1.82, 2.24) is 4.98 Å². The third-order valence-corrected chi connectivity index (χ3v) is 3.53. The van der Waals surface area contributed by atoms with Gasteiger partial charge in [-0.1, -0.05) is 38.5 Å². The fraction of sp³-hybridized carbons (Fsp3) is 0.353. The maximum atomic E-state index is 6.00. The van der Waals surface area contributed by atoms with Gasteiger partial charge < -0.3 is 4.74 Å². The van der Waals surface area contributed by atoms with E-state index in [2.05, 4.69) is 66.8 Å². The Morgan fingerprint density at radius 2 is 1.90 bits per heavy atom. The predicted octanol–water partition coefficient (Wildman–Crippen LogP) is 5.03. The molecule has 0 spiro atoms. The number of aromatic nitrogens is 1. The third-order valence-electron chi connectivity index (χ3n) is 3.10. The van der Waals surface area contributed by atoms with E-state index in [0.717, 1.165) is 15.8 Å². The van der Waals surface area contributed by atoms with Crippen molar-refractivity contribution in [2.24, 2.45) is 0 Å². The molecule has 0 aliphatic heterocycles. The summed E-state index contributed by atoms with van der Waals surface area (Å²) in [6.07, 6.45) is 3.60. The second-order valence-corrected chi connectivity index (χ2v) is 6.97. The van der Waals surface area contributed by atoms with E-state index in [-0.39, 0.29) is 5.41 Å². The third kappa shape index (κ3) is 3.83. The first-order chi connectivity index (χ1) is 9.36. The van der Waals surface area contributed by atoms with Gasteiger partial charge in [-0.3, -0.25) is 4.98 Å². The van der Waals surface area contributed by atoms with Crippen molar-refractivity contribution >= 4 is 15.9 Å². The van der Waals surface area contributed by atoms with Crippen molar-refractivity contribution in [3.63, 3.8) is 0 Å². The molecule has 2 rings (SSSR count). The molecule has 0 aliphatic carbocycles. The van der Waals surface area contributed by atoms with E-state index >= 15 is 0 Å². The molecule has 0 N–H and O–H groups in total. The molecule has 0 amide bonds. The minimum absolute atomic E-state index is 0.0663. The van der Waals surface area contributed by atoms with Gasteiger partial charge in [0, 0.05) is 22.4 Å². The molecule has 1 aromatic heterocycles. The molecule has 2 aromatic rings. The molecule has 3 heteroatoms. The Morgan fingerprint density at radius 3 is 2.55 bits per heavy atom. The van der Waals surface area contributed by atoms with Crippen molar-refractivity contribution in [2.45, 2.75) is 39.7 Å². The van der Waals surface area contributed by atoms with Crippen LogP contribution in [-0.4, -0.2) is 4.98 Å². The second-order valence-electron chi connectivity index (χ2n) is 6.05. The standard InChI is InChI=1S/C17H20BrNO/c1-12-5-6-16(15(7-12)17(2,3)4)20-11-13-8-14(18)10-19-9-13/h5-10H,11H2,1-4H3. The monoisotopic (exact) mass is 333 g/mol. The van der Waals surface area contributed by atoms with Crippen molar-refractivity contribution in [1.29, 1.82) is 0 Å². The van der Waals surface area contributed by atoms with Gasteiger partial charge in [0.05, 0.1) is 0 Å². The predicted molar refractivity (Wildman–Crippen MR) is 86.1 cm³/mol. The molecule has 1 aromatic carbocycles. The van der Waals surface area contributed by atoms with E-state index in [1.165, 1.54) is 11.1 Å². The van der Waals surface area contributed by atoms with Crippen LogP contribution in [0.5, 0.6) is 5.75 Å². The van der Waals surface area contributed by atoms with Crippen molar-refractivity contribution in [3.05, 3.63) is 57.8 Å². The Kier molecular flexibility index (Phi) is 4.48. The number of halogens is 1. The fourth-order valence-electron chi connectivity index (χ4n) is 2.05. The number of hydrogen-bond acceptors (Lipinski definition) is 2. The lowest BCUT2D eigenvalue weighted by molar-refractivity contribution is 0.297. The SMILES string of the molecule is Cc1ccc(OCc2cncc(Br)c2)c(C(C)(C)C)c1.